The van der Waals surface area contributed by atoms with Crippen molar-refractivity contribution >= 4 is 22.7 Å². The average molecular weight is 383 g/mol. The van der Waals surface area contributed by atoms with Gasteiger partial charge in [0.25, 0.3) is 0 Å². The van der Waals surface area contributed by atoms with E-state index < -0.39 is 0 Å². The van der Waals surface area contributed by atoms with Gasteiger partial charge < -0.3 is 16.0 Å². The number of nitrogens with zero attached hydrogens (tertiary/aromatic N) is 1. The summed E-state index contributed by atoms with van der Waals surface area (Å²) in [6, 6.07) is 6.47. The lowest BCUT2D eigenvalue weighted by Gasteiger charge is -2.31. The summed E-state index contributed by atoms with van der Waals surface area (Å²) in [5.41, 5.74) is 10.5. The molecule has 6 nitrogen and oxygen atoms in total. The molecule has 2 aliphatic rings. The zero-order chi connectivity index (χ0) is 19.5. The fourth-order valence-electron chi connectivity index (χ4n) is 4.71. The first-order valence-electron chi connectivity index (χ1n) is 10.5. The van der Waals surface area contributed by atoms with Gasteiger partial charge in [-0.15, -0.1) is 0 Å². The molecule has 0 saturated carbocycles. The van der Waals surface area contributed by atoms with E-state index in [2.05, 4.69) is 28.5 Å². The summed E-state index contributed by atoms with van der Waals surface area (Å²) >= 11 is 0. The number of benzene rings is 1. The van der Waals surface area contributed by atoms with Crippen LogP contribution in [0, 0.1) is 5.92 Å². The highest BCUT2D eigenvalue weighted by Crippen LogP contribution is 2.29. The lowest BCUT2D eigenvalue weighted by atomic mass is 9.97. The van der Waals surface area contributed by atoms with Gasteiger partial charge in [-0.1, -0.05) is 12.5 Å². The largest absolute Gasteiger partial charge is 0.369 e. The third kappa shape index (κ3) is 4.22. The SMILES string of the molecule is NC(=O)CN1CCCC(C(=O)NCc2ccc3[nH]c4c(c3c2)CCCCC4)C1. The second-order valence-corrected chi connectivity index (χ2v) is 8.28. The number of carbonyl (C=O) groups is 2. The first kappa shape index (κ1) is 19.0. The Morgan fingerprint density at radius 3 is 2.89 bits per heavy atom. The molecule has 1 atom stereocenters. The average Bonchev–Trinajstić information content (AvgIpc) is 2.85. The molecule has 2 heterocycles. The van der Waals surface area contributed by atoms with E-state index in [1.165, 1.54) is 41.4 Å². The Balaban J connectivity index is 1.40. The van der Waals surface area contributed by atoms with E-state index in [9.17, 15) is 9.59 Å². The number of primary amides is 1. The summed E-state index contributed by atoms with van der Waals surface area (Å²) < 4.78 is 0. The maximum atomic E-state index is 12.6. The van der Waals surface area contributed by atoms with Crippen molar-refractivity contribution in [1.82, 2.24) is 15.2 Å². The number of rotatable bonds is 5. The highest BCUT2D eigenvalue weighted by atomic mass is 16.2. The first-order valence-corrected chi connectivity index (χ1v) is 10.5. The number of aromatic amines is 1. The van der Waals surface area contributed by atoms with Gasteiger partial charge in [-0.3, -0.25) is 14.5 Å². The Labute approximate surface area is 165 Å². The van der Waals surface area contributed by atoms with E-state index in [1.807, 2.05) is 4.90 Å². The Kier molecular flexibility index (Phi) is 5.67. The molecule has 1 saturated heterocycles. The summed E-state index contributed by atoms with van der Waals surface area (Å²) in [5, 5.41) is 4.41. The first-order chi connectivity index (χ1) is 13.6. The van der Waals surface area contributed by atoms with Crippen molar-refractivity contribution in [2.75, 3.05) is 19.6 Å². The molecule has 6 heteroatoms. The normalized spacial score (nSPS) is 20.5. The number of nitrogens with two attached hydrogens (primary N) is 1. The summed E-state index contributed by atoms with van der Waals surface area (Å²) in [7, 11) is 0. The maximum Gasteiger partial charge on any atom is 0.231 e. The number of carbonyl (C=O) groups excluding carboxylic acids is 2. The van der Waals surface area contributed by atoms with Crippen LogP contribution in [0.5, 0.6) is 0 Å². The number of aryl methyl sites for hydroxylation is 2. The number of piperidine rings is 1. The molecule has 150 valence electrons. The second kappa shape index (κ2) is 8.35. The fourth-order valence-corrected chi connectivity index (χ4v) is 4.71. The van der Waals surface area contributed by atoms with Crippen LogP contribution >= 0.6 is 0 Å². The molecule has 1 aliphatic heterocycles. The molecule has 1 aromatic heterocycles. The van der Waals surface area contributed by atoms with Crippen molar-refractivity contribution in [2.24, 2.45) is 11.7 Å². The van der Waals surface area contributed by atoms with Crippen LogP contribution in [-0.2, 0) is 29.0 Å². The molecular weight excluding hydrogens is 352 g/mol. The van der Waals surface area contributed by atoms with Gasteiger partial charge in [0.15, 0.2) is 0 Å². The number of aromatic nitrogens is 1. The quantitative estimate of drug-likeness (QED) is 0.693. The van der Waals surface area contributed by atoms with Crippen molar-refractivity contribution in [3.05, 3.63) is 35.0 Å². The minimum atomic E-state index is -0.333. The number of fused-ring (bicyclic) bond motifs is 3. The number of hydrogen-bond donors (Lipinski definition) is 3. The van der Waals surface area contributed by atoms with Crippen molar-refractivity contribution in [3.63, 3.8) is 0 Å². The van der Waals surface area contributed by atoms with E-state index in [0.29, 0.717) is 13.1 Å². The topological polar surface area (TPSA) is 91.2 Å². The van der Waals surface area contributed by atoms with Crippen LogP contribution in [-0.4, -0.2) is 41.3 Å². The van der Waals surface area contributed by atoms with Crippen molar-refractivity contribution in [1.29, 1.82) is 0 Å². The summed E-state index contributed by atoms with van der Waals surface area (Å²) in [5.74, 6) is -0.331. The number of nitrogens with one attached hydrogen (secondary N) is 2. The van der Waals surface area contributed by atoms with Crippen LogP contribution < -0.4 is 11.1 Å². The van der Waals surface area contributed by atoms with Crippen LogP contribution in [0.3, 0.4) is 0 Å². The van der Waals surface area contributed by atoms with Crippen LogP contribution in [0.15, 0.2) is 18.2 Å². The van der Waals surface area contributed by atoms with E-state index in [-0.39, 0.29) is 24.3 Å². The Hall–Kier alpha value is -2.34. The van der Waals surface area contributed by atoms with Crippen molar-refractivity contribution in [3.8, 4) is 0 Å². The summed E-state index contributed by atoms with van der Waals surface area (Å²) in [4.78, 5) is 29.3. The van der Waals surface area contributed by atoms with E-state index in [0.717, 1.165) is 37.8 Å². The molecule has 4 N–H and O–H groups in total. The molecule has 1 aromatic carbocycles. The monoisotopic (exact) mass is 382 g/mol. The molecular formula is C22H30N4O2. The lowest BCUT2D eigenvalue weighted by Crippen LogP contribution is -2.45. The van der Waals surface area contributed by atoms with Crippen LogP contribution in [0.25, 0.3) is 10.9 Å². The van der Waals surface area contributed by atoms with Crippen LogP contribution in [0.4, 0.5) is 0 Å². The number of hydrogen-bond acceptors (Lipinski definition) is 3. The molecule has 0 radical (unpaired) electrons. The minimum absolute atomic E-state index is 0.0691. The zero-order valence-corrected chi connectivity index (χ0v) is 16.4. The van der Waals surface area contributed by atoms with Crippen LogP contribution in [0.2, 0.25) is 0 Å². The van der Waals surface area contributed by atoms with Gasteiger partial charge in [0.1, 0.15) is 0 Å². The molecule has 1 fully saturated rings. The van der Waals surface area contributed by atoms with Gasteiger partial charge in [0.05, 0.1) is 12.5 Å². The molecule has 2 aromatic rings. The van der Waals surface area contributed by atoms with Gasteiger partial charge in [0, 0.05) is 29.7 Å². The minimum Gasteiger partial charge on any atom is -0.369 e. The highest BCUT2D eigenvalue weighted by Gasteiger charge is 2.26. The maximum absolute atomic E-state index is 12.6. The standard InChI is InChI=1S/C22H30N4O2/c23-21(27)14-26-10-4-5-16(13-26)22(28)24-12-15-8-9-20-18(11-15)17-6-2-1-3-7-19(17)25-20/h8-9,11,16,25H,1-7,10,12-14H2,(H2,23,27)(H,24,28). The molecule has 1 unspecified atom stereocenters. The fraction of sp³-hybridized carbons (Fsp3) is 0.545. The third-order valence-electron chi connectivity index (χ3n) is 6.13. The Morgan fingerprint density at radius 1 is 1.18 bits per heavy atom. The molecule has 0 spiro atoms. The van der Waals surface area contributed by atoms with Crippen molar-refractivity contribution < 1.29 is 9.59 Å². The number of likely N-dealkylation sites (tertiary alicyclic amines) is 1. The van der Waals surface area contributed by atoms with Crippen molar-refractivity contribution in [2.45, 2.75) is 51.5 Å². The van der Waals surface area contributed by atoms with Gasteiger partial charge in [-0.05, 0) is 68.3 Å². The van der Waals surface area contributed by atoms with Crippen LogP contribution in [0.1, 0.15) is 48.9 Å². The number of H-pyrrole nitrogens is 1. The smallest absolute Gasteiger partial charge is 0.231 e. The van der Waals surface area contributed by atoms with E-state index in [4.69, 9.17) is 5.73 Å². The summed E-state index contributed by atoms with van der Waals surface area (Å²) in [6.07, 6.45) is 7.88. The molecule has 0 bridgehead atoms. The second-order valence-electron chi connectivity index (χ2n) is 8.28. The van der Waals surface area contributed by atoms with Gasteiger partial charge in [-0.2, -0.15) is 0 Å². The lowest BCUT2D eigenvalue weighted by molar-refractivity contribution is -0.128. The Bertz CT molecular complexity index is 873. The molecule has 28 heavy (non-hydrogen) atoms. The van der Waals surface area contributed by atoms with Gasteiger partial charge in [0.2, 0.25) is 11.8 Å². The number of amides is 2. The Morgan fingerprint density at radius 2 is 2.04 bits per heavy atom. The molecule has 2 amide bonds. The van der Waals surface area contributed by atoms with Gasteiger partial charge in [-0.25, -0.2) is 0 Å². The predicted octanol–water partition coefficient (Wildman–Crippen LogP) is 2.25. The molecule has 1 aliphatic carbocycles. The van der Waals surface area contributed by atoms with E-state index >= 15 is 0 Å². The molecule has 4 rings (SSSR count). The van der Waals surface area contributed by atoms with E-state index in [1.54, 1.807) is 0 Å². The zero-order valence-electron chi connectivity index (χ0n) is 16.4. The summed E-state index contributed by atoms with van der Waals surface area (Å²) in [6.45, 7) is 2.22. The highest BCUT2D eigenvalue weighted by molar-refractivity contribution is 5.86. The third-order valence-corrected chi connectivity index (χ3v) is 6.13. The van der Waals surface area contributed by atoms with Gasteiger partial charge >= 0.3 is 0 Å². The predicted molar refractivity (Wildman–Crippen MR) is 110 cm³/mol.